The van der Waals surface area contributed by atoms with E-state index in [0.717, 1.165) is 0 Å². The summed E-state index contributed by atoms with van der Waals surface area (Å²) in [6.45, 7) is 1.95. The molecule has 2 fully saturated rings. The molecule has 0 radical (unpaired) electrons. The van der Waals surface area contributed by atoms with Crippen LogP contribution < -0.4 is 5.73 Å². The molecule has 3 rings (SSSR count). The zero-order chi connectivity index (χ0) is 14.9. The van der Waals surface area contributed by atoms with Gasteiger partial charge in [-0.25, -0.2) is 0 Å². The van der Waals surface area contributed by atoms with E-state index < -0.39 is 17.4 Å². The van der Waals surface area contributed by atoms with Crippen LogP contribution in [-0.2, 0) is 16.6 Å². The summed E-state index contributed by atoms with van der Waals surface area (Å²) in [6, 6.07) is 3.57. The summed E-state index contributed by atoms with van der Waals surface area (Å²) in [6.07, 6.45) is 4.00. The van der Waals surface area contributed by atoms with Gasteiger partial charge >= 0.3 is 5.97 Å². The SMILES string of the molecule is CC1(C(=O)O)CS[C@@H]2C(N)C(=O)N2C1.Cn1cccc1. The van der Waals surface area contributed by atoms with Crippen LogP contribution in [0, 0.1) is 5.41 Å². The number of nitrogens with zero attached hydrogens (tertiary/aromatic N) is 2. The first-order chi connectivity index (χ1) is 9.35. The van der Waals surface area contributed by atoms with Crippen molar-refractivity contribution >= 4 is 23.6 Å². The molecule has 0 spiro atoms. The average molecular weight is 297 g/mol. The number of rotatable bonds is 1. The molecule has 2 unspecified atom stereocenters. The van der Waals surface area contributed by atoms with Crippen molar-refractivity contribution in [3.63, 3.8) is 0 Å². The molecular formula is C13H19N3O3S. The number of aryl methyl sites for hydroxylation is 1. The number of carboxylic acids is 1. The lowest BCUT2D eigenvalue weighted by Gasteiger charge is -2.51. The van der Waals surface area contributed by atoms with Crippen LogP contribution in [0.3, 0.4) is 0 Å². The lowest BCUT2D eigenvalue weighted by molar-refractivity contribution is -0.155. The highest BCUT2D eigenvalue weighted by Crippen LogP contribution is 2.40. The third kappa shape index (κ3) is 2.69. The molecule has 7 heteroatoms. The number of aliphatic carboxylic acids is 1. The van der Waals surface area contributed by atoms with Gasteiger partial charge in [0.05, 0.1) is 5.41 Å². The van der Waals surface area contributed by atoms with Gasteiger partial charge in [-0.3, -0.25) is 9.59 Å². The second-order valence-corrected chi connectivity index (χ2v) is 6.51. The molecule has 1 amide bonds. The zero-order valence-corrected chi connectivity index (χ0v) is 12.3. The van der Waals surface area contributed by atoms with Crippen LogP contribution in [0.25, 0.3) is 0 Å². The summed E-state index contributed by atoms with van der Waals surface area (Å²) < 4.78 is 2.00. The van der Waals surface area contributed by atoms with E-state index in [0.29, 0.717) is 5.75 Å². The molecule has 1 aromatic rings. The Hall–Kier alpha value is -1.47. The van der Waals surface area contributed by atoms with Crippen LogP contribution in [0.2, 0.25) is 0 Å². The molecule has 20 heavy (non-hydrogen) atoms. The van der Waals surface area contributed by atoms with Gasteiger partial charge in [0.15, 0.2) is 0 Å². The van der Waals surface area contributed by atoms with Gasteiger partial charge in [-0.2, -0.15) is 0 Å². The van der Waals surface area contributed by atoms with Crippen molar-refractivity contribution in [1.82, 2.24) is 9.47 Å². The van der Waals surface area contributed by atoms with E-state index >= 15 is 0 Å². The molecule has 2 aliphatic heterocycles. The van der Waals surface area contributed by atoms with Gasteiger partial charge in [-0.1, -0.05) is 0 Å². The van der Waals surface area contributed by atoms with E-state index in [1.165, 1.54) is 11.8 Å². The van der Waals surface area contributed by atoms with Gasteiger partial charge in [0, 0.05) is 31.7 Å². The van der Waals surface area contributed by atoms with Crippen LogP contribution in [0.15, 0.2) is 24.5 Å². The number of β-lactam (4-membered cyclic amide) rings is 1. The number of carboxylic acid groups (broad SMARTS) is 1. The fourth-order valence-electron chi connectivity index (χ4n) is 2.15. The molecule has 0 aromatic carbocycles. The minimum absolute atomic E-state index is 0.00470. The maximum atomic E-state index is 11.3. The van der Waals surface area contributed by atoms with Crippen LogP contribution in [-0.4, -0.2) is 50.2 Å². The number of amides is 1. The Morgan fingerprint density at radius 3 is 2.55 bits per heavy atom. The van der Waals surface area contributed by atoms with Gasteiger partial charge in [-0.05, 0) is 19.1 Å². The quantitative estimate of drug-likeness (QED) is 0.730. The van der Waals surface area contributed by atoms with Gasteiger partial charge in [0.2, 0.25) is 5.91 Å². The Kier molecular flexibility index (Phi) is 4.10. The zero-order valence-electron chi connectivity index (χ0n) is 11.5. The molecule has 3 atom stereocenters. The van der Waals surface area contributed by atoms with Gasteiger partial charge < -0.3 is 20.3 Å². The van der Waals surface area contributed by atoms with E-state index in [-0.39, 0.29) is 17.8 Å². The Morgan fingerprint density at radius 2 is 2.10 bits per heavy atom. The maximum Gasteiger partial charge on any atom is 0.312 e. The van der Waals surface area contributed by atoms with Crippen molar-refractivity contribution in [2.45, 2.75) is 18.3 Å². The van der Waals surface area contributed by atoms with Crippen LogP contribution in [0.4, 0.5) is 0 Å². The normalized spacial score (nSPS) is 31.8. The van der Waals surface area contributed by atoms with Gasteiger partial charge in [0.25, 0.3) is 0 Å². The molecule has 0 bridgehead atoms. The number of hydrogen-bond donors (Lipinski definition) is 2. The Balaban J connectivity index is 0.000000205. The fraction of sp³-hybridized carbons (Fsp3) is 0.538. The molecule has 0 aliphatic carbocycles. The highest BCUT2D eigenvalue weighted by molar-refractivity contribution is 8.00. The number of carbonyl (C=O) groups is 2. The molecular weight excluding hydrogens is 278 g/mol. The van der Waals surface area contributed by atoms with Crippen LogP contribution in [0.1, 0.15) is 6.92 Å². The average Bonchev–Trinajstić information content (AvgIpc) is 2.89. The maximum absolute atomic E-state index is 11.3. The number of nitrogens with two attached hydrogens (primary N) is 1. The van der Waals surface area contributed by atoms with E-state index in [2.05, 4.69) is 0 Å². The smallest absolute Gasteiger partial charge is 0.312 e. The molecule has 2 aliphatic rings. The van der Waals surface area contributed by atoms with E-state index in [1.807, 2.05) is 36.1 Å². The van der Waals surface area contributed by atoms with E-state index in [9.17, 15) is 9.59 Å². The summed E-state index contributed by atoms with van der Waals surface area (Å²) in [5, 5.41) is 8.99. The van der Waals surface area contributed by atoms with E-state index in [4.69, 9.17) is 10.8 Å². The first-order valence-corrected chi connectivity index (χ1v) is 7.38. The molecule has 2 saturated heterocycles. The highest BCUT2D eigenvalue weighted by atomic mass is 32.2. The monoisotopic (exact) mass is 297 g/mol. The second kappa shape index (κ2) is 5.49. The summed E-state index contributed by atoms with van der Waals surface area (Å²) in [5.41, 5.74) is 4.76. The predicted octanol–water partition coefficient (Wildman–Crippen LogP) is 0.345. The molecule has 0 saturated carbocycles. The van der Waals surface area contributed by atoms with Crippen molar-refractivity contribution in [2.24, 2.45) is 18.2 Å². The molecule has 1 aromatic heterocycles. The van der Waals surface area contributed by atoms with Crippen molar-refractivity contribution in [2.75, 3.05) is 12.3 Å². The third-order valence-electron chi connectivity index (χ3n) is 3.54. The van der Waals surface area contributed by atoms with Gasteiger partial charge in [0.1, 0.15) is 11.4 Å². The molecule has 3 heterocycles. The van der Waals surface area contributed by atoms with Crippen molar-refractivity contribution in [1.29, 1.82) is 0 Å². The highest BCUT2D eigenvalue weighted by Gasteiger charge is 2.53. The number of thioether (sulfide) groups is 1. The minimum atomic E-state index is -0.850. The lowest BCUT2D eigenvalue weighted by atomic mass is 9.90. The fourth-order valence-corrected chi connectivity index (χ4v) is 3.59. The van der Waals surface area contributed by atoms with Crippen molar-refractivity contribution in [3.05, 3.63) is 24.5 Å². The first kappa shape index (κ1) is 14.9. The van der Waals surface area contributed by atoms with Crippen LogP contribution >= 0.6 is 11.8 Å². The van der Waals surface area contributed by atoms with Crippen molar-refractivity contribution < 1.29 is 14.7 Å². The van der Waals surface area contributed by atoms with Crippen LogP contribution in [0.5, 0.6) is 0 Å². The summed E-state index contributed by atoms with van der Waals surface area (Å²) in [7, 11) is 2.00. The van der Waals surface area contributed by atoms with E-state index in [1.54, 1.807) is 11.8 Å². The van der Waals surface area contributed by atoms with Crippen molar-refractivity contribution in [3.8, 4) is 0 Å². The predicted molar refractivity (Wildman–Crippen MR) is 77.1 cm³/mol. The molecule has 6 nitrogen and oxygen atoms in total. The first-order valence-electron chi connectivity index (χ1n) is 6.33. The Bertz CT molecular complexity index is 505. The Labute approximate surface area is 121 Å². The summed E-state index contributed by atoms with van der Waals surface area (Å²) in [5.74, 6) is -0.462. The molecule has 3 N–H and O–H groups in total. The summed E-state index contributed by atoms with van der Waals surface area (Å²) in [4.78, 5) is 23.8. The largest absolute Gasteiger partial charge is 0.481 e. The lowest BCUT2D eigenvalue weighted by Crippen LogP contribution is -2.71. The summed E-state index contributed by atoms with van der Waals surface area (Å²) >= 11 is 1.46. The third-order valence-corrected chi connectivity index (χ3v) is 5.24. The number of fused-ring (bicyclic) bond motifs is 1. The number of aromatic nitrogens is 1. The standard InChI is InChI=1S/C8H12N2O3S.C5H7N/c1-8(7(12)13)2-10-5(11)4(9)6(10)14-3-8;1-6-4-2-3-5-6/h4,6H,2-3,9H2,1H3,(H,12,13);2-5H,1H3/t4?,6-,8?;/m1./s1. The number of carbonyl (C=O) groups excluding carboxylic acids is 1. The van der Waals surface area contributed by atoms with Gasteiger partial charge in [-0.15, -0.1) is 11.8 Å². The second-order valence-electron chi connectivity index (χ2n) is 5.41. The topological polar surface area (TPSA) is 88.6 Å². The molecule has 110 valence electrons. The minimum Gasteiger partial charge on any atom is -0.481 e. The Morgan fingerprint density at radius 1 is 1.50 bits per heavy atom. The number of hydrogen-bond acceptors (Lipinski definition) is 4.